The van der Waals surface area contributed by atoms with Crippen molar-refractivity contribution in [1.29, 1.82) is 0 Å². The van der Waals surface area contributed by atoms with Gasteiger partial charge in [-0.1, -0.05) is 70.2 Å². The van der Waals surface area contributed by atoms with Gasteiger partial charge >= 0.3 is 0 Å². The standard InChI is InChI=1S/C19H20Cl3N3OS/c1-11-4-7-14(8-5-11)16(26)24-17(19(20,21)22)25-18(27)23-15-9-6-12(2)10-13(15)3/h4-10,17H,1-3H3,(H,24,26)(H2,23,25,27)/t17-/m0/s1. The molecule has 0 aliphatic heterocycles. The summed E-state index contributed by atoms with van der Waals surface area (Å²) in [5.41, 5.74) is 4.48. The molecule has 1 atom stereocenters. The topological polar surface area (TPSA) is 53.2 Å². The molecule has 3 N–H and O–H groups in total. The molecule has 2 aromatic carbocycles. The maximum absolute atomic E-state index is 12.5. The normalized spacial score (nSPS) is 12.2. The third-order valence-corrected chi connectivity index (χ3v) is 4.70. The van der Waals surface area contributed by atoms with Crippen molar-refractivity contribution in [3.63, 3.8) is 0 Å². The molecular formula is C19H20Cl3N3OS. The quantitative estimate of drug-likeness (QED) is 0.352. The van der Waals surface area contributed by atoms with E-state index in [0.29, 0.717) is 5.56 Å². The molecule has 0 aliphatic carbocycles. The van der Waals surface area contributed by atoms with Crippen LogP contribution in [0.5, 0.6) is 0 Å². The molecule has 0 aliphatic rings. The van der Waals surface area contributed by atoms with E-state index in [2.05, 4.69) is 16.0 Å². The Balaban J connectivity index is 2.08. The molecule has 27 heavy (non-hydrogen) atoms. The number of halogens is 3. The summed E-state index contributed by atoms with van der Waals surface area (Å²) >= 11 is 23.4. The van der Waals surface area contributed by atoms with Crippen LogP contribution in [-0.4, -0.2) is 21.0 Å². The number of thiocarbonyl (C=S) groups is 1. The molecular weight excluding hydrogens is 425 g/mol. The number of amides is 1. The molecule has 2 rings (SSSR count). The first kappa shape index (κ1) is 21.8. The molecule has 4 nitrogen and oxygen atoms in total. The van der Waals surface area contributed by atoms with Gasteiger partial charge in [-0.05, 0) is 56.8 Å². The Morgan fingerprint density at radius 3 is 2.11 bits per heavy atom. The Kier molecular flexibility index (Phi) is 7.34. The van der Waals surface area contributed by atoms with E-state index in [1.807, 2.05) is 51.1 Å². The van der Waals surface area contributed by atoms with Crippen LogP contribution >= 0.6 is 47.0 Å². The van der Waals surface area contributed by atoms with Gasteiger partial charge in [-0.2, -0.15) is 0 Å². The highest BCUT2D eigenvalue weighted by atomic mass is 35.6. The van der Waals surface area contributed by atoms with Crippen LogP contribution in [0.1, 0.15) is 27.0 Å². The van der Waals surface area contributed by atoms with E-state index in [1.54, 1.807) is 12.1 Å². The monoisotopic (exact) mass is 443 g/mol. The summed E-state index contributed by atoms with van der Waals surface area (Å²) in [6.45, 7) is 5.90. The van der Waals surface area contributed by atoms with Gasteiger partial charge in [0, 0.05) is 11.3 Å². The number of hydrogen-bond donors (Lipinski definition) is 3. The van der Waals surface area contributed by atoms with Gasteiger partial charge in [0.2, 0.25) is 3.79 Å². The minimum atomic E-state index is -1.81. The summed E-state index contributed by atoms with van der Waals surface area (Å²) < 4.78 is -1.81. The highest BCUT2D eigenvalue weighted by molar-refractivity contribution is 7.80. The first-order valence-corrected chi connectivity index (χ1v) is 9.69. The van der Waals surface area contributed by atoms with Crippen LogP contribution in [-0.2, 0) is 0 Å². The largest absolute Gasteiger partial charge is 0.339 e. The SMILES string of the molecule is Cc1ccc(C(=O)N[C@@H](NC(=S)Nc2ccc(C)cc2C)C(Cl)(Cl)Cl)cc1. The van der Waals surface area contributed by atoms with Crippen LogP contribution in [0.3, 0.4) is 0 Å². The lowest BCUT2D eigenvalue weighted by Gasteiger charge is -2.28. The van der Waals surface area contributed by atoms with Crippen molar-refractivity contribution in [3.05, 3.63) is 64.7 Å². The lowest BCUT2D eigenvalue weighted by molar-refractivity contribution is 0.0934. The van der Waals surface area contributed by atoms with Crippen molar-refractivity contribution in [2.75, 3.05) is 5.32 Å². The van der Waals surface area contributed by atoms with Crippen LogP contribution in [0.2, 0.25) is 0 Å². The minimum Gasteiger partial charge on any atom is -0.339 e. The molecule has 0 saturated carbocycles. The molecule has 0 saturated heterocycles. The van der Waals surface area contributed by atoms with Crippen LogP contribution in [0.4, 0.5) is 5.69 Å². The first-order chi connectivity index (χ1) is 12.6. The average Bonchev–Trinajstić information content (AvgIpc) is 2.56. The summed E-state index contributed by atoms with van der Waals surface area (Å²) in [7, 11) is 0. The molecule has 0 bridgehead atoms. The summed E-state index contributed by atoms with van der Waals surface area (Å²) in [5, 5.41) is 8.79. The van der Waals surface area contributed by atoms with Gasteiger partial charge in [-0.15, -0.1) is 0 Å². The zero-order valence-electron chi connectivity index (χ0n) is 15.1. The van der Waals surface area contributed by atoms with E-state index < -0.39 is 9.96 Å². The zero-order valence-corrected chi connectivity index (χ0v) is 18.2. The van der Waals surface area contributed by atoms with E-state index in [0.717, 1.165) is 22.4 Å². The fraction of sp³-hybridized carbons (Fsp3) is 0.263. The number of nitrogens with one attached hydrogen (secondary N) is 3. The number of carbonyl (C=O) groups excluding carboxylic acids is 1. The maximum atomic E-state index is 12.5. The molecule has 0 spiro atoms. The van der Waals surface area contributed by atoms with Crippen LogP contribution < -0.4 is 16.0 Å². The van der Waals surface area contributed by atoms with Gasteiger partial charge in [0.15, 0.2) is 5.11 Å². The number of aryl methyl sites for hydroxylation is 3. The van der Waals surface area contributed by atoms with Crippen molar-refractivity contribution >= 4 is 63.7 Å². The number of rotatable bonds is 4. The van der Waals surface area contributed by atoms with E-state index in [4.69, 9.17) is 47.0 Å². The Labute approximate surface area is 179 Å². The molecule has 0 aromatic heterocycles. The van der Waals surface area contributed by atoms with Gasteiger partial charge in [-0.3, -0.25) is 4.79 Å². The third kappa shape index (κ3) is 6.54. The molecule has 0 radical (unpaired) electrons. The Bertz CT molecular complexity index is 835. The highest BCUT2D eigenvalue weighted by Crippen LogP contribution is 2.29. The van der Waals surface area contributed by atoms with Gasteiger partial charge < -0.3 is 16.0 Å². The van der Waals surface area contributed by atoms with Crippen LogP contribution in [0, 0.1) is 20.8 Å². The average molecular weight is 445 g/mol. The fourth-order valence-corrected chi connectivity index (χ4v) is 2.92. The fourth-order valence-electron chi connectivity index (χ4n) is 2.36. The molecule has 0 unspecified atom stereocenters. The van der Waals surface area contributed by atoms with E-state index in [9.17, 15) is 4.79 Å². The van der Waals surface area contributed by atoms with E-state index >= 15 is 0 Å². The summed E-state index contributed by atoms with van der Waals surface area (Å²) in [5.74, 6) is -0.381. The van der Waals surface area contributed by atoms with E-state index in [1.165, 1.54) is 0 Å². The molecule has 0 fully saturated rings. The Hall–Kier alpha value is -1.53. The number of anilines is 1. The van der Waals surface area contributed by atoms with Crippen molar-refractivity contribution in [1.82, 2.24) is 10.6 Å². The first-order valence-electron chi connectivity index (χ1n) is 8.15. The number of alkyl halides is 3. The van der Waals surface area contributed by atoms with Gasteiger partial charge in [0.05, 0.1) is 0 Å². The van der Waals surface area contributed by atoms with Crippen molar-refractivity contribution < 1.29 is 4.79 Å². The lowest BCUT2D eigenvalue weighted by atomic mass is 10.1. The second-order valence-corrected chi connectivity index (χ2v) is 9.01. The smallest absolute Gasteiger partial charge is 0.252 e. The van der Waals surface area contributed by atoms with Gasteiger partial charge in [0.1, 0.15) is 6.17 Å². The van der Waals surface area contributed by atoms with Crippen molar-refractivity contribution in [2.24, 2.45) is 0 Å². The van der Waals surface area contributed by atoms with E-state index in [-0.39, 0.29) is 11.0 Å². The number of carbonyl (C=O) groups is 1. The molecule has 0 heterocycles. The molecule has 144 valence electrons. The highest BCUT2D eigenvalue weighted by Gasteiger charge is 2.34. The third-order valence-electron chi connectivity index (χ3n) is 3.82. The maximum Gasteiger partial charge on any atom is 0.252 e. The Morgan fingerprint density at radius 2 is 1.56 bits per heavy atom. The zero-order chi connectivity index (χ0) is 20.2. The van der Waals surface area contributed by atoms with Crippen molar-refractivity contribution in [2.45, 2.75) is 30.7 Å². The predicted molar refractivity (Wildman–Crippen MR) is 118 cm³/mol. The lowest BCUT2D eigenvalue weighted by Crippen LogP contribution is -2.56. The number of benzene rings is 2. The second kappa shape index (κ2) is 9.11. The summed E-state index contributed by atoms with van der Waals surface area (Å²) in [6.07, 6.45) is -1.03. The van der Waals surface area contributed by atoms with Gasteiger partial charge in [0.25, 0.3) is 5.91 Å². The molecule has 2 aromatic rings. The summed E-state index contributed by atoms with van der Waals surface area (Å²) in [4.78, 5) is 12.5. The minimum absolute atomic E-state index is 0.225. The molecule has 1 amide bonds. The van der Waals surface area contributed by atoms with Crippen LogP contribution in [0.15, 0.2) is 42.5 Å². The summed E-state index contributed by atoms with van der Waals surface area (Å²) in [6, 6.07) is 13.0. The molecule has 8 heteroatoms. The Morgan fingerprint density at radius 1 is 0.963 bits per heavy atom. The van der Waals surface area contributed by atoms with Crippen LogP contribution in [0.25, 0.3) is 0 Å². The second-order valence-electron chi connectivity index (χ2n) is 6.23. The van der Waals surface area contributed by atoms with Crippen molar-refractivity contribution in [3.8, 4) is 0 Å². The number of hydrogen-bond acceptors (Lipinski definition) is 2. The predicted octanol–water partition coefficient (Wildman–Crippen LogP) is 5.02. The van der Waals surface area contributed by atoms with Gasteiger partial charge in [-0.25, -0.2) is 0 Å².